The van der Waals surface area contributed by atoms with Crippen molar-refractivity contribution in [2.24, 2.45) is 5.92 Å². The monoisotopic (exact) mass is 210 g/mol. The van der Waals surface area contributed by atoms with Crippen molar-refractivity contribution in [1.82, 2.24) is 10.2 Å². The maximum Gasteiger partial charge on any atom is 0.317 e. The van der Waals surface area contributed by atoms with Crippen LogP contribution in [-0.4, -0.2) is 30.1 Å². The van der Waals surface area contributed by atoms with Crippen LogP contribution in [0.1, 0.15) is 33.1 Å². The zero-order valence-corrected chi connectivity index (χ0v) is 9.83. The number of likely N-dealkylation sites (tertiary alicyclic amines) is 1. The second-order valence-electron chi connectivity index (χ2n) is 4.57. The van der Waals surface area contributed by atoms with Gasteiger partial charge in [0.05, 0.1) is 0 Å². The van der Waals surface area contributed by atoms with E-state index in [1.54, 1.807) is 0 Å². The molecule has 0 aliphatic carbocycles. The van der Waals surface area contributed by atoms with Gasteiger partial charge in [-0.15, -0.1) is 6.58 Å². The fourth-order valence-electron chi connectivity index (χ4n) is 1.98. The van der Waals surface area contributed by atoms with Crippen LogP contribution in [0, 0.1) is 5.92 Å². The van der Waals surface area contributed by atoms with Crippen molar-refractivity contribution in [2.75, 3.05) is 13.1 Å². The smallest absolute Gasteiger partial charge is 0.317 e. The van der Waals surface area contributed by atoms with E-state index in [-0.39, 0.29) is 12.1 Å². The lowest BCUT2D eigenvalue weighted by Gasteiger charge is -2.31. The van der Waals surface area contributed by atoms with Gasteiger partial charge in [-0.2, -0.15) is 0 Å². The standard InChI is InChI=1S/C12H22N2O/c1-4-6-11(3)13-12(15)14-8-5-7-10(2)9-14/h4,10-11H,1,5-9H2,2-3H3,(H,13,15). The predicted molar refractivity (Wildman–Crippen MR) is 62.8 cm³/mol. The van der Waals surface area contributed by atoms with E-state index < -0.39 is 0 Å². The minimum absolute atomic E-state index is 0.0795. The summed E-state index contributed by atoms with van der Waals surface area (Å²) in [5.41, 5.74) is 0. The molecule has 2 unspecified atom stereocenters. The summed E-state index contributed by atoms with van der Waals surface area (Å²) in [6.07, 6.45) is 5.04. The number of rotatable bonds is 3. The first-order valence-electron chi connectivity index (χ1n) is 5.79. The molecule has 3 nitrogen and oxygen atoms in total. The third-order valence-electron chi connectivity index (χ3n) is 2.83. The van der Waals surface area contributed by atoms with Gasteiger partial charge in [0.25, 0.3) is 0 Å². The van der Waals surface area contributed by atoms with E-state index in [2.05, 4.69) is 18.8 Å². The van der Waals surface area contributed by atoms with Gasteiger partial charge in [0.1, 0.15) is 0 Å². The fourth-order valence-corrected chi connectivity index (χ4v) is 1.98. The summed E-state index contributed by atoms with van der Waals surface area (Å²) in [6, 6.07) is 0.267. The van der Waals surface area contributed by atoms with Crippen LogP contribution in [0.5, 0.6) is 0 Å². The molecule has 86 valence electrons. The van der Waals surface area contributed by atoms with Crippen molar-refractivity contribution in [1.29, 1.82) is 0 Å². The maximum atomic E-state index is 11.8. The fraction of sp³-hybridized carbons (Fsp3) is 0.750. The zero-order valence-electron chi connectivity index (χ0n) is 9.83. The van der Waals surface area contributed by atoms with Crippen LogP contribution in [0.25, 0.3) is 0 Å². The summed E-state index contributed by atoms with van der Waals surface area (Å²) in [6.45, 7) is 9.67. The first kappa shape index (κ1) is 12.1. The van der Waals surface area contributed by atoms with Gasteiger partial charge in [-0.3, -0.25) is 0 Å². The Morgan fingerprint density at radius 2 is 2.47 bits per heavy atom. The summed E-state index contributed by atoms with van der Waals surface area (Å²) >= 11 is 0. The lowest BCUT2D eigenvalue weighted by Crippen LogP contribution is -2.47. The molecule has 1 saturated heterocycles. The molecule has 1 aliphatic rings. The van der Waals surface area contributed by atoms with Crippen LogP contribution < -0.4 is 5.32 Å². The molecule has 0 spiro atoms. The molecule has 3 heteroatoms. The molecule has 0 radical (unpaired) electrons. The van der Waals surface area contributed by atoms with Gasteiger partial charge in [-0.25, -0.2) is 4.79 Å². The molecule has 15 heavy (non-hydrogen) atoms. The second-order valence-corrected chi connectivity index (χ2v) is 4.57. The van der Waals surface area contributed by atoms with E-state index >= 15 is 0 Å². The highest BCUT2D eigenvalue weighted by Crippen LogP contribution is 2.15. The lowest BCUT2D eigenvalue weighted by atomic mass is 10.0. The third kappa shape index (κ3) is 3.94. The topological polar surface area (TPSA) is 32.3 Å². The van der Waals surface area contributed by atoms with Gasteiger partial charge >= 0.3 is 6.03 Å². The van der Waals surface area contributed by atoms with Crippen molar-refractivity contribution < 1.29 is 4.79 Å². The summed E-state index contributed by atoms with van der Waals surface area (Å²) in [7, 11) is 0. The first-order chi connectivity index (χ1) is 7.13. The molecule has 1 N–H and O–H groups in total. The maximum absolute atomic E-state index is 11.8. The zero-order chi connectivity index (χ0) is 11.3. The minimum Gasteiger partial charge on any atom is -0.335 e. The van der Waals surface area contributed by atoms with E-state index in [1.165, 1.54) is 6.42 Å². The van der Waals surface area contributed by atoms with Crippen LogP contribution in [0.4, 0.5) is 4.79 Å². The van der Waals surface area contributed by atoms with Crippen molar-refractivity contribution in [3.63, 3.8) is 0 Å². The largest absolute Gasteiger partial charge is 0.335 e. The minimum atomic E-state index is 0.0795. The highest BCUT2D eigenvalue weighted by atomic mass is 16.2. The number of piperidine rings is 1. The van der Waals surface area contributed by atoms with Crippen molar-refractivity contribution in [3.05, 3.63) is 12.7 Å². The summed E-state index contributed by atoms with van der Waals surface area (Å²) in [4.78, 5) is 13.7. The molecule has 1 fully saturated rings. The van der Waals surface area contributed by atoms with E-state index in [0.29, 0.717) is 5.92 Å². The highest BCUT2D eigenvalue weighted by molar-refractivity contribution is 5.74. The molecule has 2 atom stereocenters. The number of amides is 2. The Morgan fingerprint density at radius 3 is 3.07 bits per heavy atom. The Morgan fingerprint density at radius 1 is 1.73 bits per heavy atom. The number of nitrogens with zero attached hydrogens (tertiary/aromatic N) is 1. The average molecular weight is 210 g/mol. The molecule has 1 rings (SSSR count). The number of carbonyl (C=O) groups excluding carboxylic acids is 1. The number of hydrogen-bond donors (Lipinski definition) is 1. The van der Waals surface area contributed by atoms with E-state index in [4.69, 9.17) is 0 Å². The predicted octanol–water partition coefficient (Wildman–Crippen LogP) is 2.39. The van der Waals surface area contributed by atoms with Gasteiger partial charge in [-0.1, -0.05) is 13.0 Å². The first-order valence-corrected chi connectivity index (χ1v) is 5.79. The van der Waals surface area contributed by atoms with E-state index in [9.17, 15) is 4.79 Å². The molecule has 2 amide bonds. The Kier molecular flexibility index (Phi) is 4.66. The van der Waals surface area contributed by atoms with Gasteiger partial charge in [0, 0.05) is 19.1 Å². The van der Waals surface area contributed by atoms with Crippen molar-refractivity contribution in [3.8, 4) is 0 Å². The Hall–Kier alpha value is -0.990. The molecular formula is C12H22N2O. The van der Waals surface area contributed by atoms with Gasteiger partial charge in [-0.05, 0) is 32.1 Å². The number of hydrogen-bond acceptors (Lipinski definition) is 1. The normalized spacial score (nSPS) is 23.3. The van der Waals surface area contributed by atoms with Gasteiger partial charge in [0.2, 0.25) is 0 Å². The number of carbonyl (C=O) groups is 1. The van der Waals surface area contributed by atoms with Gasteiger partial charge in [0.15, 0.2) is 0 Å². The van der Waals surface area contributed by atoms with Crippen molar-refractivity contribution >= 4 is 6.03 Å². The lowest BCUT2D eigenvalue weighted by molar-refractivity contribution is 0.167. The molecule has 0 bridgehead atoms. The van der Waals surface area contributed by atoms with Crippen LogP contribution >= 0.6 is 0 Å². The molecule has 0 aromatic heterocycles. The molecule has 0 saturated carbocycles. The van der Waals surface area contributed by atoms with Crippen LogP contribution in [0.15, 0.2) is 12.7 Å². The van der Waals surface area contributed by atoms with E-state index in [1.807, 2.05) is 17.9 Å². The number of urea groups is 1. The average Bonchev–Trinajstić information content (AvgIpc) is 2.18. The Bertz CT molecular complexity index is 228. The molecule has 1 aliphatic heterocycles. The molecule has 0 aromatic carbocycles. The SMILES string of the molecule is C=CCC(C)NC(=O)N1CCCC(C)C1. The molecular weight excluding hydrogens is 188 g/mol. The summed E-state index contributed by atoms with van der Waals surface area (Å²) in [5.74, 6) is 0.638. The number of nitrogens with one attached hydrogen (secondary N) is 1. The quantitative estimate of drug-likeness (QED) is 0.713. The van der Waals surface area contributed by atoms with Crippen LogP contribution in [-0.2, 0) is 0 Å². The molecule has 1 heterocycles. The van der Waals surface area contributed by atoms with Crippen LogP contribution in [0.3, 0.4) is 0 Å². The van der Waals surface area contributed by atoms with Crippen LogP contribution in [0.2, 0.25) is 0 Å². The Labute approximate surface area is 92.5 Å². The van der Waals surface area contributed by atoms with E-state index in [0.717, 1.165) is 25.9 Å². The second kappa shape index (κ2) is 5.79. The summed E-state index contributed by atoms with van der Waals surface area (Å²) in [5, 5.41) is 2.99. The van der Waals surface area contributed by atoms with Gasteiger partial charge < -0.3 is 10.2 Å². The highest BCUT2D eigenvalue weighted by Gasteiger charge is 2.21. The summed E-state index contributed by atoms with van der Waals surface area (Å²) < 4.78 is 0. The Balaban J connectivity index is 2.35. The third-order valence-corrected chi connectivity index (χ3v) is 2.83. The van der Waals surface area contributed by atoms with Crippen molar-refractivity contribution in [2.45, 2.75) is 39.2 Å². The molecule has 0 aromatic rings.